The van der Waals surface area contributed by atoms with E-state index in [9.17, 15) is 4.79 Å². The molecule has 0 fully saturated rings. The summed E-state index contributed by atoms with van der Waals surface area (Å²) in [6.07, 6.45) is 0. The van der Waals surface area contributed by atoms with Gasteiger partial charge in [-0.3, -0.25) is 9.36 Å². The molecule has 0 spiro atoms. The van der Waals surface area contributed by atoms with Crippen molar-refractivity contribution in [1.29, 1.82) is 0 Å². The standard InChI is InChI=1S/C22H19BrN4OS2/c1-14-5-8-17(9-6-14)27-21(19-4-3-11-29-19)25-26-22(27)30-13-20(28)24-16-7-10-18(23)15(2)12-16/h3-12H,13H2,1-2H3,(H,24,28). The number of aromatic nitrogens is 3. The van der Waals surface area contributed by atoms with Crippen molar-refractivity contribution < 1.29 is 4.79 Å². The fourth-order valence-corrected chi connectivity index (χ4v) is 4.60. The molecule has 8 heteroatoms. The summed E-state index contributed by atoms with van der Waals surface area (Å²) < 4.78 is 3.02. The Morgan fingerprint density at radius 2 is 1.93 bits per heavy atom. The summed E-state index contributed by atoms with van der Waals surface area (Å²) in [6, 6.07) is 18.0. The minimum Gasteiger partial charge on any atom is -0.325 e. The van der Waals surface area contributed by atoms with Crippen LogP contribution in [0.1, 0.15) is 11.1 Å². The number of nitrogens with one attached hydrogen (secondary N) is 1. The topological polar surface area (TPSA) is 59.8 Å². The maximum absolute atomic E-state index is 12.5. The van der Waals surface area contributed by atoms with E-state index in [1.807, 2.05) is 59.3 Å². The van der Waals surface area contributed by atoms with E-state index in [2.05, 4.69) is 50.5 Å². The van der Waals surface area contributed by atoms with Gasteiger partial charge in [-0.2, -0.15) is 0 Å². The number of thioether (sulfide) groups is 1. The molecule has 0 unspecified atom stereocenters. The van der Waals surface area contributed by atoms with Crippen LogP contribution in [0.25, 0.3) is 16.4 Å². The third-order valence-electron chi connectivity index (χ3n) is 4.44. The van der Waals surface area contributed by atoms with Crippen molar-refractivity contribution in [1.82, 2.24) is 14.8 Å². The van der Waals surface area contributed by atoms with Crippen LogP contribution >= 0.6 is 39.0 Å². The van der Waals surface area contributed by atoms with Crippen LogP contribution < -0.4 is 5.32 Å². The molecule has 5 nitrogen and oxygen atoms in total. The predicted octanol–water partition coefficient (Wildman–Crippen LogP) is 6.11. The van der Waals surface area contributed by atoms with E-state index in [0.29, 0.717) is 5.16 Å². The molecule has 0 aliphatic carbocycles. The molecule has 0 bridgehead atoms. The molecular formula is C22H19BrN4OS2. The molecule has 0 saturated heterocycles. The number of nitrogens with zero attached hydrogens (tertiary/aromatic N) is 3. The van der Waals surface area contributed by atoms with Crippen LogP contribution in [0.15, 0.2) is 69.6 Å². The van der Waals surface area contributed by atoms with E-state index >= 15 is 0 Å². The molecule has 0 aliphatic heterocycles. The zero-order valence-electron chi connectivity index (χ0n) is 16.4. The fourth-order valence-electron chi connectivity index (χ4n) is 2.91. The summed E-state index contributed by atoms with van der Waals surface area (Å²) in [5.74, 6) is 0.932. The largest absolute Gasteiger partial charge is 0.325 e. The minimum atomic E-state index is -0.0853. The van der Waals surface area contributed by atoms with E-state index < -0.39 is 0 Å². The van der Waals surface area contributed by atoms with Crippen molar-refractivity contribution in [2.75, 3.05) is 11.1 Å². The van der Waals surface area contributed by atoms with Crippen LogP contribution in [0.4, 0.5) is 5.69 Å². The molecule has 2 aromatic heterocycles. The molecule has 30 heavy (non-hydrogen) atoms. The molecule has 2 heterocycles. The Bertz CT molecular complexity index is 1170. The molecule has 1 N–H and O–H groups in total. The summed E-state index contributed by atoms with van der Waals surface area (Å²) >= 11 is 6.46. The van der Waals surface area contributed by atoms with E-state index in [0.717, 1.165) is 32.1 Å². The van der Waals surface area contributed by atoms with Crippen LogP contribution in [0.3, 0.4) is 0 Å². The highest BCUT2D eigenvalue weighted by Gasteiger charge is 2.18. The van der Waals surface area contributed by atoms with Crippen molar-refractivity contribution in [2.45, 2.75) is 19.0 Å². The lowest BCUT2D eigenvalue weighted by atomic mass is 10.2. The van der Waals surface area contributed by atoms with E-state index in [1.54, 1.807) is 11.3 Å². The monoisotopic (exact) mass is 498 g/mol. The van der Waals surface area contributed by atoms with Crippen molar-refractivity contribution in [3.63, 3.8) is 0 Å². The summed E-state index contributed by atoms with van der Waals surface area (Å²) in [6.45, 7) is 4.05. The fraction of sp³-hybridized carbons (Fsp3) is 0.136. The highest BCUT2D eigenvalue weighted by Crippen LogP contribution is 2.30. The first kappa shape index (κ1) is 20.8. The number of amides is 1. The van der Waals surface area contributed by atoms with E-state index in [1.165, 1.54) is 17.3 Å². The average Bonchev–Trinajstić information content (AvgIpc) is 3.39. The van der Waals surface area contributed by atoms with Gasteiger partial charge >= 0.3 is 0 Å². The Hall–Kier alpha value is -2.42. The molecule has 0 saturated carbocycles. The van der Waals surface area contributed by atoms with Gasteiger partial charge < -0.3 is 5.32 Å². The van der Waals surface area contributed by atoms with Gasteiger partial charge in [-0.25, -0.2) is 0 Å². The maximum Gasteiger partial charge on any atom is 0.234 e. The second kappa shape index (κ2) is 9.16. The molecule has 152 valence electrons. The number of anilines is 1. The number of rotatable bonds is 6. The molecule has 0 atom stereocenters. The second-order valence-corrected chi connectivity index (χ2v) is 9.50. The lowest BCUT2D eigenvalue weighted by Gasteiger charge is -2.10. The quantitative estimate of drug-likeness (QED) is 0.326. The number of aryl methyl sites for hydroxylation is 2. The van der Waals surface area contributed by atoms with Gasteiger partial charge in [-0.1, -0.05) is 51.5 Å². The molecule has 2 aromatic carbocycles. The third-order valence-corrected chi connectivity index (χ3v) is 7.13. The van der Waals surface area contributed by atoms with E-state index in [-0.39, 0.29) is 11.7 Å². The van der Waals surface area contributed by atoms with E-state index in [4.69, 9.17) is 0 Å². The van der Waals surface area contributed by atoms with Crippen LogP contribution in [-0.2, 0) is 4.79 Å². The van der Waals surface area contributed by atoms with Gasteiger partial charge in [0.05, 0.1) is 10.6 Å². The lowest BCUT2D eigenvalue weighted by molar-refractivity contribution is -0.113. The Morgan fingerprint density at radius 3 is 2.63 bits per heavy atom. The Kier molecular flexibility index (Phi) is 6.36. The van der Waals surface area contributed by atoms with Gasteiger partial charge in [0.2, 0.25) is 5.91 Å². The second-order valence-electron chi connectivity index (χ2n) is 6.76. The molecule has 0 radical (unpaired) electrons. The Balaban J connectivity index is 1.55. The van der Waals surface area contributed by atoms with Gasteiger partial charge in [0, 0.05) is 15.8 Å². The third kappa shape index (κ3) is 4.66. The molecule has 4 rings (SSSR count). The van der Waals surface area contributed by atoms with Crippen LogP contribution in [0.2, 0.25) is 0 Å². The van der Waals surface area contributed by atoms with Crippen LogP contribution in [-0.4, -0.2) is 26.4 Å². The molecule has 0 aliphatic rings. The highest BCUT2D eigenvalue weighted by molar-refractivity contribution is 9.10. The summed E-state index contributed by atoms with van der Waals surface area (Å²) in [4.78, 5) is 13.5. The van der Waals surface area contributed by atoms with Crippen LogP contribution in [0.5, 0.6) is 0 Å². The maximum atomic E-state index is 12.5. The van der Waals surface area contributed by atoms with Gasteiger partial charge in [0.25, 0.3) is 0 Å². The lowest BCUT2D eigenvalue weighted by Crippen LogP contribution is -2.14. The zero-order valence-corrected chi connectivity index (χ0v) is 19.6. The number of hydrogen-bond donors (Lipinski definition) is 1. The SMILES string of the molecule is Cc1ccc(-n2c(SCC(=O)Nc3ccc(Br)c(C)c3)nnc2-c2cccs2)cc1. The Labute approximate surface area is 191 Å². The number of benzene rings is 2. The van der Waals surface area contributed by atoms with Gasteiger partial charge in [0.1, 0.15) is 0 Å². The highest BCUT2D eigenvalue weighted by atomic mass is 79.9. The average molecular weight is 499 g/mol. The van der Waals surface area contributed by atoms with Crippen molar-refractivity contribution in [3.8, 4) is 16.4 Å². The molecule has 1 amide bonds. The first-order valence-corrected chi connectivity index (χ1v) is 11.9. The number of hydrogen-bond acceptors (Lipinski definition) is 5. The number of halogens is 1. The summed E-state index contributed by atoms with van der Waals surface area (Å²) in [5, 5.41) is 14.4. The minimum absolute atomic E-state index is 0.0853. The summed E-state index contributed by atoms with van der Waals surface area (Å²) in [5.41, 5.74) is 4.00. The number of carbonyl (C=O) groups is 1. The molecule has 4 aromatic rings. The normalized spacial score (nSPS) is 10.9. The van der Waals surface area contributed by atoms with Crippen molar-refractivity contribution in [2.24, 2.45) is 0 Å². The predicted molar refractivity (Wildman–Crippen MR) is 128 cm³/mol. The van der Waals surface area contributed by atoms with Gasteiger partial charge in [0.15, 0.2) is 11.0 Å². The summed E-state index contributed by atoms with van der Waals surface area (Å²) in [7, 11) is 0. The van der Waals surface area contributed by atoms with Gasteiger partial charge in [-0.05, 0) is 61.2 Å². The first-order valence-electron chi connectivity index (χ1n) is 9.26. The first-order chi connectivity index (χ1) is 14.5. The Morgan fingerprint density at radius 1 is 1.13 bits per heavy atom. The number of carbonyl (C=O) groups excluding carboxylic acids is 1. The molecular weight excluding hydrogens is 480 g/mol. The van der Waals surface area contributed by atoms with Crippen LogP contribution in [0, 0.1) is 13.8 Å². The smallest absolute Gasteiger partial charge is 0.234 e. The van der Waals surface area contributed by atoms with Crippen molar-refractivity contribution >= 4 is 50.6 Å². The van der Waals surface area contributed by atoms with Gasteiger partial charge in [-0.15, -0.1) is 21.5 Å². The zero-order chi connectivity index (χ0) is 21.1. The van der Waals surface area contributed by atoms with Crippen molar-refractivity contribution in [3.05, 3.63) is 75.6 Å². The number of thiophene rings is 1.